The molecular formula is C13H26N2O2S. The van der Waals surface area contributed by atoms with E-state index in [0.717, 1.165) is 12.8 Å². The lowest BCUT2D eigenvalue weighted by molar-refractivity contribution is 0.472. The third-order valence-electron chi connectivity index (χ3n) is 3.58. The summed E-state index contributed by atoms with van der Waals surface area (Å²) in [7, 11) is -2.84. The first-order valence-electron chi connectivity index (χ1n) is 6.92. The summed E-state index contributed by atoms with van der Waals surface area (Å²) in [6.45, 7) is 1.70. The lowest BCUT2D eigenvalue weighted by Gasteiger charge is -2.20. The standard InChI is InChI=1S/C13H26N2O2S/c1-2-18(16,17)10-6-9-13(15-14)11-12-7-4-3-5-8-12/h7,13,15H,2-6,8-11,14H2,1H3. The smallest absolute Gasteiger partial charge is 0.150 e. The largest absolute Gasteiger partial charge is 0.271 e. The Morgan fingerprint density at radius 1 is 1.44 bits per heavy atom. The van der Waals surface area contributed by atoms with Crippen LogP contribution in [0.25, 0.3) is 0 Å². The Kier molecular flexibility index (Phi) is 6.89. The molecule has 1 aliphatic carbocycles. The third kappa shape index (κ3) is 5.98. The zero-order valence-corrected chi connectivity index (χ0v) is 12.1. The molecule has 1 unspecified atom stereocenters. The van der Waals surface area contributed by atoms with E-state index in [0.29, 0.717) is 6.42 Å². The van der Waals surface area contributed by atoms with Gasteiger partial charge in [-0.15, -0.1) is 0 Å². The Morgan fingerprint density at radius 2 is 2.22 bits per heavy atom. The minimum absolute atomic E-state index is 0.210. The number of sulfone groups is 1. The van der Waals surface area contributed by atoms with Crippen LogP contribution in [-0.2, 0) is 9.84 Å². The molecule has 1 atom stereocenters. The molecule has 0 aromatic carbocycles. The highest BCUT2D eigenvalue weighted by atomic mass is 32.2. The number of nitrogens with one attached hydrogen (secondary N) is 1. The van der Waals surface area contributed by atoms with E-state index in [1.807, 2.05) is 0 Å². The number of hydrazine groups is 1. The van der Waals surface area contributed by atoms with E-state index in [1.54, 1.807) is 6.92 Å². The number of nitrogens with two attached hydrogens (primary N) is 1. The third-order valence-corrected chi connectivity index (χ3v) is 5.37. The maximum atomic E-state index is 11.4. The van der Waals surface area contributed by atoms with Crippen molar-refractivity contribution < 1.29 is 8.42 Å². The molecule has 0 aromatic rings. The molecule has 0 fully saturated rings. The fourth-order valence-corrected chi connectivity index (χ4v) is 3.24. The molecule has 0 saturated heterocycles. The molecule has 0 spiro atoms. The highest BCUT2D eigenvalue weighted by Gasteiger charge is 2.13. The van der Waals surface area contributed by atoms with Crippen LogP contribution in [0.15, 0.2) is 11.6 Å². The average Bonchev–Trinajstić information content (AvgIpc) is 2.38. The highest BCUT2D eigenvalue weighted by molar-refractivity contribution is 7.91. The van der Waals surface area contributed by atoms with Crippen molar-refractivity contribution in [3.05, 3.63) is 11.6 Å². The molecule has 1 aliphatic rings. The van der Waals surface area contributed by atoms with Crippen LogP contribution in [0.3, 0.4) is 0 Å². The minimum Gasteiger partial charge on any atom is -0.271 e. The van der Waals surface area contributed by atoms with Crippen LogP contribution in [0, 0.1) is 0 Å². The molecule has 0 bridgehead atoms. The first-order valence-corrected chi connectivity index (χ1v) is 8.74. The molecular weight excluding hydrogens is 248 g/mol. The van der Waals surface area contributed by atoms with Crippen molar-refractivity contribution in [3.63, 3.8) is 0 Å². The summed E-state index contributed by atoms with van der Waals surface area (Å²) in [4.78, 5) is 0. The number of hydrogen-bond donors (Lipinski definition) is 2. The summed E-state index contributed by atoms with van der Waals surface area (Å²) in [5.74, 6) is 6.06. The summed E-state index contributed by atoms with van der Waals surface area (Å²) in [6, 6.07) is 0.210. The van der Waals surface area contributed by atoms with Gasteiger partial charge in [0.1, 0.15) is 9.84 Å². The van der Waals surface area contributed by atoms with Crippen LogP contribution >= 0.6 is 0 Å². The second-order valence-electron chi connectivity index (χ2n) is 5.05. The fourth-order valence-electron chi connectivity index (χ4n) is 2.34. The molecule has 1 rings (SSSR count). The van der Waals surface area contributed by atoms with Gasteiger partial charge in [0.15, 0.2) is 0 Å². The number of hydrogen-bond acceptors (Lipinski definition) is 4. The van der Waals surface area contributed by atoms with Crippen LogP contribution in [0.4, 0.5) is 0 Å². The molecule has 4 nitrogen and oxygen atoms in total. The van der Waals surface area contributed by atoms with Gasteiger partial charge in [0, 0.05) is 11.8 Å². The fraction of sp³-hybridized carbons (Fsp3) is 0.846. The summed E-state index contributed by atoms with van der Waals surface area (Å²) in [6.07, 6.45) is 9.71. The van der Waals surface area contributed by atoms with Gasteiger partial charge in [-0.3, -0.25) is 11.3 Å². The maximum absolute atomic E-state index is 11.4. The van der Waals surface area contributed by atoms with Crippen molar-refractivity contribution in [2.24, 2.45) is 5.84 Å². The minimum atomic E-state index is -2.84. The Bertz CT molecular complexity index is 363. The van der Waals surface area contributed by atoms with E-state index in [2.05, 4.69) is 11.5 Å². The molecule has 0 aliphatic heterocycles. The predicted molar refractivity (Wildman–Crippen MR) is 75.8 cm³/mol. The highest BCUT2D eigenvalue weighted by Crippen LogP contribution is 2.22. The average molecular weight is 274 g/mol. The lowest BCUT2D eigenvalue weighted by Crippen LogP contribution is -2.35. The lowest BCUT2D eigenvalue weighted by atomic mass is 9.93. The molecule has 0 saturated carbocycles. The number of rotatable bonds is 8. The van der Waals surface area contributed by atoms with Gasteiger partial charge in [0.05, 0.1) is 5.75 Å². The molecule has 0 amide bonds. The van der Waals surface area contributed by atoms with E-state index >= 15 is 0 Å². The number of allylic oxidation sites excluding steroid dienone is 1. The van der Waals surface area contributed by atoms with Crippen molar-refractivity contribution in [1.82, 2.24) is 5.43 Å². The molecule has 5 heteroatoms. The Balaban J connectivity index is 2.31. The first kappa shape index (κ1) is 15.7. The van der Waals surface area contributed by atoms with Crippen molar-refractivity contribution in [2.75, 3.05) is 11.5 Å². The van der Waals surface area contributed by atoms with Crippen LogP contribution < -0.4 is 11.3 Å². The maximum Gasteiger partial charge on any atom is 0.150 e. The normalized spacial score (nSPS) is 18.4. The van der Waals surface area contributed by atoms with Gasteiger partial charge in [-0.2, -0.15) is 0 Å². The van der Waals surface area contributed by atoms with Gasteiger partial charge in [0.2, 0.25) is 0 Å². The zero-order chi connectivity index (χ0) is 13.4. The molecule has 0 heterocycles. The SMILES string of the molecule is CCS(=O)(=O)CCCC(CC1=CCCCC1)NN. The van der Waals surface area contributed by atoms with Crippen molar-refractivity contribution in [2.45, 2.75) is 57.9 Å². The van der Waals surface area contributed by atoms with Crippen molar-refractivity contribution in [1.29, 1.82) is 0 Å². The quantitative estimate of drug-likeness (QED) is 0.403. The molecule has 0 radical (unpaired) electrons. The Hall–Kier alpha value is -0.390. The van der Waals surface area contributed by atoms with Gasteiger partial charge < -0.3 is 0 Å². The van der Waals surface area contributed by atoms with Gasteiger partial charge in [-0.1, -0.05) is 18.6 Å². The summed E-state index contributed by atoms with van der Waals surface area (Å²) in [5, 5.41) is 0. The van der Waals surface area contributed by atoms with E-state index < -0.39 is 9.84 Å². The van der Waals surface area contributed by atoms with E-state index in [9.17, 15) is 8.42 Å². The zero-order valence-electron chi connectivity index (χ0n) is 11.3. The van der Waals surface area contributed by atoms with Gasteiger partial charge in [-0.25, -0.2) is 8.42 Å². The van der Waals surface area contributed by atoms with E-state index in [4.69, 9.17) is 5.84 Å². The topological polar surface area (TPSA) is 72.2 Å². The van der Waals surface area contributed by atoms with Crippen LogP contribution in [0.2, 0.25) is 0 Å². The van der Waals surface area contributed by atoms with Gasteiger partial charge in [-0.05, 0) is 44.9 Å². The molecule has 18 heavy (non-hydrogen) atoms. The molecule has 106 valence electrons. The molecule has 3 N–H and O–H groups in total. The van der Waals surface area contributed by atoms with Crippen LogP contribution in [0.1, 0.15) is 51.9 Å². The van der Waals surface area contributed by atoms with Gasteiger partial charge >= 0.3 is 0 Å². The summed E-state index contributed by atoms with van der Waals surface area (Å²) >= 11 is 0. The first-order chi connectivity index (χ1) is 8.57. The van der Waals surface area contributed by atoms with Crippen LogP contribution in [0.5, 0.6) is 0 Å². The van der Waals surface area contributed by atoms with Gasteiger partial charge in [0.25, 0.3) is 0 Å². The van der Waals surface area contributed by atoms with E-state index in [1.165, 1.54) is 31.3 Å². The van der Waals surface area contributed by atoms with Crippen molar-refractivity contribution >= 4 is 9.84 Å². The van der Waals surface area contributed by atoms with Crippen LogP contribution in [-0.4, -0.2) is 26.0 Å². The monoisotopic (exact) mass is 274 g/mol. The summed E-state index contributed by atoms with van der Waals surface area (Å²) < 4.78 is 22.8. The second kappa shape index (κ2) is 7.92. The Labute approximate surface area is 111 Å². The second-order valence-corrected chi connectivity index (χ2v) is 7.53. The predicted octanol–water partition coefficient (Wildman–Crippen LogP) is 1.92. The summed E-state index contributed by atoms with van der Waals surface area (Å²) in [5.41, 5.74) is 4.29. The van der Waals surface area contributed by atoms with Crippen molar-refractivity contribution in [3.8, 4) is 0 Å². The Morgan fingerprint density at radius 3 is 2.78 bits per heavy atom. The van der Waals surface area contributed by atoms with E-state index in [-0.39, 0.29) is 17.5 Å². The molecule has 0 aromatic heterocycles.